The topological polar surface area (TPSA) is 112 Å². The molecule has 1 aliphatic rings. The van der Waals surface area contributed by atoms with Gasteiger partial charge in [0, 0.05) is 10.6 Å². The molecule has 11 heteroatoms. The quantitative estimate of drug-likeness (QED) is 0.439. The van der Waals surface area contributed by atoms with Gasteiger partial charge in [-0.15, -0.1) is 0 Å². The first kappa shape index (κ1) is 25.0. The van der Waals surface area contributed by atoms with Gasteiger partial charge >= 0.3 is 11.9 Å². The molecule has 2 aromatic rings. The van der Waals surface area contributed by atoms with Crippen molar-refractivity contribution in [3.8, 4) is 11.8 Å². The monoisotopic (exact) mass is 508 g/mol. The van der Waals surface area contributed by atoms with Crippen molar-refractivity contribution in [2.24, 2.45) is 5.73 Å². The Balaban J connectivity index is 2.24. The van der Waals surface area contributed by atoms with Crippen LogP contribution in [0, 0.1) is 23.0 Å². The number of nitriles is 1. The lowest BCUT2D eigenvalue weighted by Gasteiger charge is -2.28. The Morgan fingerprint density at radius 2 is 1.85 bits per heavy atom. The summed E-state index contributed by atoms with van der Waals surface area (Å²) in [6.07, 6.45) is 0. The summed E-state index contributed by atoms with van der Waals surface area (Å²) in [5.74, 6) is -6.51. The Morgan fingerprint density at radius 1 is 1.21 bits per heavy atom. The molecule has 176 valence electrons. The van der Waals surface area contributed by atoms with Crippen LogP contribution in [-0.2, 0) is 14.3 Å². The molecule has 1 aliphatic heterocycles. The third-order valence-electron chi connectivity index (χ3n) is 4.81. The summed E-state index contributed by atoms with van der Waals surface area (Å²) >= 11 is 12.4. The van der Waals surface area contributed by atoms with Crippen LogP contribution in [0.1, 0.15) is 35.7 Å². The Bertz CT molecular complexity index is 1280. The van der Waals surface area contributed by atoms with Crippen molar-refractivity contribution >= 4 is 35.1 Å². The maximum absolute atomic E-state index is 14.1. The predicted octanol–water partition coefficient (Wildman–Crippen LogP) is 5.14. The average Bonchev–Trinajstić information content (AvgIpc) is 2.75. The zero-order chi connectivity index (χ0) is 25.2. The lowest BCUT2D eigenvalue weighted by molar-refractivity contribution is -0.139. The minimum absolute atomic E-state index is 0.00806. The van der Waals surface area contributed by atoms with Gasteiger partial charge in [-0.3, -0.25) is 0 Å². The zero-order valence-electron chi connectivity index (χ0n) is 17.7. The van der Waals surface area contributed by atoms with Crippen molar-refractivity contribution in [2.75, 3.05) is 6.61 Å². The Labute approximate surface area is 202 Å². The molecule has 0 amide bonds. The maximum atomic E-state index is 14.1. The fourth-order valence-electron chi connectivity index (χ4n) is 3.40. The number of nitrogens with two attached hydrogens (primary N) is 1. The molecule has 34 heavy (non-hydrogen) atoms. The minimum atomic E-state index is -1.40. The smallest absolute Gasteiger partial charge is 0.349 e. The molecule has 2 N–H and O–H groups in total. The van der Waals surface area contributed by atoms with E-state index < -0.39 is 35.1 Å². The lowest BCUT2D eigenvalue weighted by atomic mass is 9.82. The van der Waals surface area contributed by atoms with E-state index in [9.17, 15) is 23.6 Å². The van der Waals surface area contributed by atoms with E-state index in [1.807, 2.05) is 6.07 Å². The maximum Gasteiger partial charge on any atom is 0.349 e. The van der Waals surface area contributed by atoms with Gasteiger partial charge in [-0.1, -0.05) is 29.3 Å². The molecule has 1 heterocycles. The first-order chi connectivity index (χ1) is 16.1. The molecule has 0 aliphatic carbocycles. The van der Waals surface area contributed by atoms with Gasteiger partial charge in [-0.05, 0) is 38.1 Å². The summed E-state index contributed by atoms with van der Waals surface area (Å²) in [7, 11) is 0. The summed E-state index contributed by atoms with van der Waals surface area (Å²) in [5.41, 5.74) is 4.52. The molecule has 0 bridgehead atoms. The van der Waals surface area contributed by atoms with Gasteiger partial charge in [0.15, 0.2) is 5.75 Å². The molecule has 7 nitrogen and oxygen atoms in total. The fourth-order valence-corrected chi connectivity index (χ4v) is 3.95. The number of rotatable bonds is 5. The summed E-state index contributed by atoms with van der Waals surface area (Å²) in [4.78, 5) is 25.5. The molecule has 0 fully saturated rings. The van der Waals surface area contributed by atoms with E-state index in [-0.39, 0.29) is 50.8 Å². The van der Waals surface area contributed by atoms with Crippen LogP contribution in [0.3, 0.4) is 0 Å². The van der Waals surface area contributed by atoms with Gasteiger partial charge in [0.05, 0.1) is 23.1 Å². The summed E-state index contributed by atoms with van der Waals surface area (Å²) in [5, 5.41) is 9.59. The highest BCUT2D eigenvalue weighted by atomic mass is 35.5. The number of esters is 2. The highest BCUT2D eigenvalue weighted by Crippen LogP contribution is 2.46. The number of halogens is 4. The van der Waals surface area contributed by atoms with Crippen LogP contribution in [0.15, 0.2) is 53.1 Å². The van der Waals surface area contributed by atoms with Gasteiger partial charge in [0.25, 0.3) is 0 Å². The standard InChI is InChI=1S/C23H16Cl2F2N2O5/c1-3-32-22(30)17-10(2)33-21(29)13(9-28)18(17)12-7-11(24)8-14(25)20(12)34-23(31)19-15(26)5-4-6-16(19)27/h4-8,18H,3,29H2,1-2H3. The molecule has 0 saturated heterocycles. The first-order valence-electron chi connectivity index (χ1n) is 9.71. The van der Waals surface area contributed by atoms with Crippen molar-refractivity contribution in [3.05, 3.63) is 85.9 Å². The van der Waals surface area contributed by atoms with Crippen molar-refractivity contribution in [1.82, 2.24) is 0 Å². The first-order valence-corrected chi connectivity index (χ1v) is 10.5. The Kier molecular flexibility index (Phi) is 7.44. The molecule has 0 radical (unpaired) electrons. The third-order valence-corrected chi connectivity index (χ3v) is 5.31. The summed E-state index contributed by atoms with van der Waals surface area (Å²) in [6, 6.07) is 7.19. The second-order valence-corrected chi connectivity index (χ2v) is 7.75. The number of carbonyl (C=O) groups excluding carboxylic acids is 2. The third kappa shape index (κ3) is 4.69. The highest BCUT2D eigenvalue weighted by molar-refractivity contribution is 6.36. The summed E-state index contributed by atoms with van der Waals surface area (Å²) < 4.78 is 44.0. The summed E-state index contributed by atoms with van der Waals surface area (Å²) in [6.45, 7) is 3.01. The number of allylic oxidation sites excluding steroid dienone is 2. The van der Waals surface area contributed by atoms with Crippen molar-refractivity contribution in [2.45, 2.75) is 19.8 Å². The van der Waals surface area contributed by atoms with Crippen molar-refractivity contribution in [1.29, 1.82) is 5.26 Å². The molecular weight excluding hydrogens is 493 g/mol. The van der Waals surface area contributed by atoms with Gasteiger partial charge < -0.3 is 19.9 Å². The largest absolute Gasteiger partial charge is 0.463 e. The van der Waals surface area contributed by atoms with E-state index in [0.29, 0.717) is 0 Å². The predicted molar refractivity (Wildman–Crippen MR) is 118 cm³/mol. The molecule has 2 aromatic carbocycles. The Morgan fingerprint density at radius 3 is 2.44 bits per heavy atom. The van der Waals surface area contributed by atoms with E-state index in [1.54, 1.807) is 6.92 Å². The van der Waals surface area contributed by atoms with Crippen LogP contribution in [0.25, 0.3) is 0 Å². The van der Waals surface area contributed by atoms with Gasteiger partial charge in [-0.25, -0.2) is 18.4 Å². The van der Waals surface area contributed by atoms with E-state index in [4.69, 9.17) is 43.1 Å². The normalized spacial score (nSPS) is 15.5. The van der Waals surface area contributed by atoms with Crippen LogP contribution in [-0.4, -0.2) is 18.5 Å². The number of hydrogen-bond donors (Lipinski definition) is 1. The van der Waals surface area contributed by atoms with E-state index in [2.05, 4.69) is 0 Å². The van der Waals surface area contributed by atoms with Crippen molar-refractivity contribution < 1.29 is 32.6 Å². The average molecular weight is 509 g/mol. The van der Waals surface area contributed by atoms with Crippen LogP contribution < -0.4 is 10.5 Å². The number of nitrogens with zero attached hydrogens (tertiary/aromatic N) is 1. The van der Waals surface area contributed by atoms with E-state index >= 15 is 0 Å². The van der Waals surface area contributed by atoms with Crippen LogP contribution >= 0.6 is 23.2 Å². The zero-order valence-corrected chi connectivity index (χ0v) is 19.3. The minimum Gasteiger partial charge on any atom is -0.463 e. The van der Waals surface area contributed by atoms with Gasteiger partial charge in [0.2, 0.25) is 5.88 Å². The molecule has 0 saturated carbocycles. The molecule has 0 spiro atoms. The Hall–Kier alpha value is -3.61. The molecule has 0 aromatic heterocycles. The number of ether oxygens (including phenoxy) is 3. The second kappa shape index (κ2) is 10.1. The van der Waals surface area contributed by atoms with Crippen LogP contribution in [0.5, 0.6) is 5.75 Å². The highest BCUT2D eigenvalue weighted by Gasteiger charge is 2.39. The molecule has 3 rings (SSSR count). The lowest BCUT2D eigenvalue weighted by Crippen LogP contribution is -2.26. The number of carbonyl (C=O) groups is 2. The van der Waals surface area contributed by atoms with Crippen molar-refractivity contribution in [3.63, 3.8) is 0 Å². The van der Waals surface area contributed by atoms with E-state index in [0.717, 1.165) is 18.2 Å². The van der Waals surface area contributed by atoms with Crippen LogP contribution in [0.2, 0.25) is 10.0 Å². The van der Waals surface area contributed by atoms with Crippen LogP contribution in [0.4, 0.5) is 8.78 Å². The number of benzene rings is 2. The molecular formula is C23H16Cl2F2N2O5. The number of hydrogen-bond acceptors (Lipinski definition) is 7. The van der Waals surface area contributed by atoms with E-state index in [1.165, 1.54) is 19.1 Å². The molecule has 1 unspecified atom stereocenters. The van der Waals surface area contributed by atoms with Gasteiger partial charge in [0.1, 0.15) is 34.6 Å². The fraction of sp³-hybridized carbons (Fsp3) is 0.174. The second-order valence-electron chi connectivity index (χ2n) is 6.91. The SMILES string of the molecule is CCOC(=O)C1=C(C)OC(N)=C(C#N)C1c1cc(Cl)cc(Cl)c1OC(=O)c1c(F)cccc1F. The van der Waals surface area contributed by atoms with Gasteiger partial charge in [-0.2, -0.15) is 5.26 Å². The molecule has 1 atom stereocenters.